The molecular formula is C20H27NO4. The van der Waals surface area contributed by atoms with Crippen molar-refractivity contribution in [1.29, 1.82) is 0 Å². The van der Waals surface area contributed by atoms with E-state index in [-0.39, 0.29) is 30.5 Å². The summed E-state index contributed by atoms with van der Waals surface area (Å²) < 4.78 is 10.9. The van der Waals surface area contributed by atoms with Gasteiger partial charge in [0.25, 0.3) is 0 Å². The van der Waals surface area contributed by atoms with Crippen LogP contribution in [0.1, 0.15) is 32.8 Å². The molecule has 1 saturated heterocycles. The van der Waals surface area contributed by atoms with E-state index in [1.165, 1.54) is 0 Å². The van der Waals surface area contributed by atoms with Crippen molar-refractivity contribution in [2.45, 2.75) is 39.4 Å². The number of carbonyl (C=O) groups is 2. The smallest absolute Gasteiger partial charge is 0.410 e. The van der Waals surface area contributed by atoms with Crippen LogP contribution in [0.3, 0.4) is 0 Å². The van der Waals surface area contributed by atoms with E-state index in [0.29, 0.717) is 19.5 Å². The molecule has 0 aromatic heterocycles. The number of carbonyl (C=O) groups excluding carboxylic acids is 2. The quantitative estimate of drug-likeness (QED) is 0.602. The number of rotatable bonds is 5. The number of likely N-dealkylation sites (tertiary alicyclic amines) is 1. The minimum absolute atomic E-state index is 0.00768. The Morgan fingerprint density at radius 3 is 2.52 bits per heavy atom. The van der Waals surface area contributed by atoms with Crippen LogP contribution in [0.5, 0.6) is 0 Å². The van der Waals surface area contributed by atoms with E-state index < -0.39 is 5.60 Å². The topological polar surface area (TPSA) is 55.8 Å². The van der Waals surface area contributed by atoms with Crippen molar-refractivity contribution >= 4 is 12.1 Å². The highest BCUT2D eigenvalue weighted by molar-refractivity contribution is 5.76. The van der Waals surface area contributed by atoms with Crippen molar-refractivity contribution in [3.63, 3.8) is 0 Å². The van der Waals surface area contributed by atoms with Crippen molar-refractivity contribution in [3.8, 4) is 0 Å². The summed E-state index contributed by atoms with van der Waals surface area (Å²) in [4.78, 5) is 26.4. The second-order valence-electron chi connectivity index (χ2n) is 7.37. The molecule has 2 rings (SSSR count). The molecule has 0 radical (unpaired) electrons. The summed E-state index contributed by atoms with van der Waals surface area (Å²) in [5.74, 6) is -0.621. The van der Waals surface area contributed by atoms with Crippen molar-refractivity contribution in [2.24, 2.45) is 11.8 Å². The maximum absolute atomic E-state index is 12.5. The molecule has 1 unspecified atom stereocenters. The molecule has 1 aromatic rings. The third kappa shape index (κ3) is 5.62. The van der Waals surface area contributed by atoms with Crippen LogP contribution in [0.15, 0.2) is 43.0 Å². The minimum Gasteiger partial charge on any atom is -0.461 e. The molecule has 1 amide bonds. The number of esters is 1. The summed E-state index contributed by atoms with van der Waals surface area (Å²) in [6.45, 7) is 10.3. The lowest BCUT2D eigenvalue weighted by Crippen LogP contribution is -2.36. The number of nitrogens with zero attached hydrogens (tertiary/aromatic N) is 1. The van der Waals surface area contributed by atoms with E-state index in [0.717, 1.165) is 5.56 Å². The predicted molar refractivity (Wildman–Crippen MR) is 95.8 cm³/mol. The van der Waals surface area contributed by atoms with E-state index in [1.807, 2.05) is 51.1 Å². The molecule has 0 saturated carbocycles. The number of ether oxygens (including phenoxy) is 2. The van der Waals surface area contributed by atoms with Gasteiger partial charge >= 0.3 is 12.1 Å². The van der Waals surface area contributed by atoms with Crippen LogP contribution in [0.25, 0.3) is 0 Å². The summed E-state index contributed by atoms with van der Waals surface area (Å²) in [5, 5.41) is 0. The van der Waals surface area contributed by atoms with Gasteiger partial charge in [-0.15, -0.1) is 6.58 Å². The molecule has 0 bridgehead atoms. The first-order chi connectivity index (χ1) is 11.8. The third-order valence-electron chi connectivity index (χ3n) is 4.09. The number of allylic oxidation sites excluding steroid dienone is 1. The van der Waals surface area contributed by atoms with E-state index >= 15 is 0 Å². The third-order valence-corrected chi connectivity index (χ3v) is 4.09. The van der Waals surface area contributed by atoms with Crippen molar-refractivity contribution in [2.75, 3.05) is 13.1 Å². The molecule has 0 spiro atoms. The van der Waals surface area contributed by atoms with Crippen molar-refractivity contribution < 1.29 is 19.1 Å². The Kier molecular flexibility index (Phi) is 6.23. The average Bonchev–Trinajstić information content (AvgIpc) is 2.97. The van der Waals surface area contributed by atoms with E-state index in [4.69, 9.17) is 9.47 Å². The Morgan fingerprint density at radius 2 is 1.92 bits per heavy atom. The van der Waals surface area contributed by atoms with Gasteiger partial charge in [-0.05, 0) is 38.7 Å². The van der Waals surface area contributed by atoms with Crippen LogP contribution in [0.4, 0.5) is 4.79 Å². The van der Waals surface area contributed by atoms with Gasteiger partial charge in [-0.1, -0.05) is 36.4 Å². The van der Waals surface area contributed by atoms with Gasteiger partial charge in [-0.3, -0.25) is 4.79 Å². The van der Waals surface area contributed by atoms with Gasteiger partial charge in [0, 0.05) is 13.1 Å². The maximum atomic E-state index is 12.5. The Bertz CT molecular complexity index is 606. The highest BCUT2D eigenvalue weighted by Crippen LogP contribution is 2.29. The number of hydrogen-bond donors (Lipinski definition) is 0. The molecule has 1 heterocycles. The van der Waals surface area contributed by atoms with Crippen LogP contribution in [0, 0.1) is 11.8 Å². The van der Waals surface area contributed by atoms with Crippen molar-refractivity contribution in [1.82, 2.24) is 4.90 Å². The Balaban J connectivity index is 1.98. The molecular weight excluding hydrogens is 318 g/mol. The van der Waals surface area contributed by atoms with Gasteiger partial charge in [0.05, 0.1) is 5.92 Å². The lowest BCUT2D eigenvalue weighted by Gasteiger charge is -2.24. The lowest BCUT2D eigenvalue weighted by molar-refractivity contribution is -0.150. The molecule has 0 N–H and O–H groups in total. The van der Waals surface area contributed by atoms with Crippen LogP contribution in [-0.2, 0) is 20.9 Å². The Labute approximate surface area is 149 Å². The first-order valence-corrected chi connectivity index (χ1v) is 8.59. The fourth-order valence-corrected chi connectivity index (χ4v) is 2.90. The Morgan fingerprint density at radius 1 is 1.24 bits per heavy atom. The van der Waals surface area contributed by atoms with Crippen molar-refractivity contribution in [3.05, 3.63) is 48.6 Å². The van der Waals surface area contributed by atoms with Crippen LogP contribution in [-0.4, -0.2) is 35.7 Å². The van der Waals surface area contributed by atoms with Gasteiger partial charge in [-0.25, -0.2) is 4.79 Å². The monoisotopic (exact) mass is 345 g/mol. The lowest BCUT2D eigenvalue weighted by atomic mass is 9.93. The molecule has 5 nitrogen and oxygen atoms in total. The van der Waals surface area contributed by atoms with E-state index in [1.54, 1.807) is 11.0 Å². The second-order valence-corrected chi connectivity index (χ2v) is 7.37. The largest absolute Gasteiger partial charge is 0.461 e. The second kappa shape index (κ2) is 8.19. The number of hydrogen-bond acceptors (Lipinski definition) is 4. The molecule has 1 aliphatic rings. The van der Waals surface area contributed by atoms with E-state index in [9.17, 15) is 9.59 Å². The molecule has 2 atom stereocenters. The summed E-state index contributed by atoms with van der Waals surface area (Å²) in [7, 11) is 0. The van der Waals surface area contributed by atoms with Gasteiger partial charge in [0.2, 0.25) is 0 Å². The van der Waals surface area contributed by atoms with Gasteiger partial charge in [0.15, 0.2) is 0 Å². The zero-order valence-electron chi connectivity index (χ0n) is 15.2. The van der Waals surface area contributed by atoms with Crippen LogP contribution in [0.2, 0.25) is 0 Å². The number of amides is 1. The summed E-state index contributed by atoms with van der Waals surface area (Å²) in [5.41, 5.74) is 0.384. The average molecular weight is 345 g/mol. The van der Waals surface area contributed by atoms with Gasteiger partial charge < -0.3 is 14.4 Å². The fraction of sp³-hybridized carbons (Fsp3) is 0.500. The molecule has 136 valence electrons. The number of benzene rings is 1. The standard InChI is InChI=1S/C20H27NO4/c1-5-9-16-12-21(19(23)25-20(2,3)4)13-17(16)18(22)24-14-15-10-7-6-8-11-15/h5-8,10-11,16-17H,1,9,12-14H2,2-4H3/t16-,17?/m0/s1. The van der Waals surface area contributed by atoms with Gasteiger partial charge in [-0.2, -0.15) is 0 Å². The molecule has 5 heteroatoms. The first kappa shape index (κ1) is 19.0. The predicted octanol–water partition coefficient (Wildman–Crippen LogP) is 3.79. The van der Waals surface area contributed by atoms with Crippen LogP contribution >= 0.6 is 0 Å². The highest BCUT2D eigenvalue weighted by Gasteiger charge is 2.41. The highest BCUT2D eigenvalue weighted by atomic mass is 16.6. The zero-order chi connectivity index (χ0) is 18.4. The Hall–Kier alpha value is -2.30. The minimum atomic E-state index is -0.559. The molecule has 1 aromatic carbocycles. The maximum Gasteiger partial charge on any atom is 0.410 e. The summed E-state index contributed by atoms with van der Waals surface area (Å²) >= 11 is 0. The first-order valence-electron chi connectivity index (χ1n) is 8.59. The SMILES string of the molecule is C=CC[C@H]1CN(C(=O)OC(C)(C)C)CC1C(=O)OCc1ccccc1. The summed E-state index contributed by atoms with van der Waals surface area (Å²) in [6, 6.07) is 9.56. The fourth-order valence-electron chi connectivity index (χ4n) is 2.90. The zero-order valence-corrected chi connectivity index (χ0v) is 15.2. The molecule has 0 aliphatic carbocycles. The molecule has 1 aliphatic heterocycles. The van der Waals surface area contributed by atoms with Gasteiger partial charge in [0.1, 0.15) is 12.2 Å². The van der Waals surface area contributed by atoms with Crippen LogP contribution < -0.4 is 0 Å². The van der Waals surface area contributed by atoms with E-state index in [2.05, 4.69) is 6.58 Å². The molecule has 1 fully saturated rings. The normalized spacial score (nSPS) is 20.2. The molecule has 25 heavy (non-hydrogen) atoms. The summed E-state index contributed by atoms with van der Waals surface area (Å²) in [6.07, 6.45) is 2.05.